The first-order valence-electron chi connectivity index (χ1n) is 11.4. The highest BCUT2D eigenvalue weighted by atomic mass is 16.5. The van der Waals surface area contributed by atoms with Crippen LogP contribution in [0.4, 0.5) is 4.79 Å². The van der Waals surface area contributed by atoms with Crippen molar-refractivity contribution in [3.05, 3.63) is 77.5 Å². The second-order valence-electron chi connectivity index (χ2n) is 8.54. The maximum Gasteiger partial charge on any atom is 0.407 e. The minimum absolute atomic E-state index is 0.0306. The van der Waals surface area contributed by atoms with Gasteiger partial charge >= 0.3 is 12.1 Å². The van der Waals surface area contributed by atoms with Crippen LogP contribution in [0.3, 0.4) is 0 Å². The minimum Gasteiger partial charge on any atom is -0.481 e. The maximum absolute atomic E-state index is 12.9. The number of ether oxygens (including phenoxy) is 1. The molecule has 2 aromatic carbocycles. The molecule has 2 N–H and O–H groups in total. The van der Waals surface area contributed by atoms with Crippen LogP contribution in [0.5, 0.6) is 0 Å². The van der Waals surface area contributed by atoms with Crippen molar-refractivity contribution in [2.24, 2.45) is 0 Å². The van der Waals surface area contributed by atoms with Crippen LogP contribution in [0.15, 0.2) is 59.3 Å². The predicted molar refractivity (Wildman–Crippen MR) is 127 cm³/mol. The van der Waals surface area contributed by atoms with Gasteiger partial charge in [-0.2, -0.15) is 0 Å². The zero-order valence-electron chi connectivity index (χ0n) is 19.6. The van der Waals surface area contributed by atoms with E-state index in [1.54, 1.807) is 13.8 Å². The average molecular weight is 478 g/mol. The number of oxazole rings is 1. The van der Waals surface area contributed by atoms with Crippen LogP contribution in [0, 0.1) is 0 Å². The smallest absolute Gasteiger partial charge is 0.407 e. The number of nitrogens with one attached hydrogen (secondary N) is 1. The van der Waals surface area contributed by atoms with Gasteiger partial charge in [0.15, 0.2) is 17.8 Å². The molecule has 0 aliphatic heterocycles. The number of carboxylic acids is 1. The molecule has 1 aliphatic rings. The molecule has 9 nitrogen and oxygen atoms in total. The van der Waals surface area contributed by atoms with Crippen LogP contribution in [0.1, 0.15) is 53.6 Å². The molecule has 0 atom stereocenters. The Hall–Kier alpha value is -4.14. The third-order valence-electron chi connectivity index (χ3n) is 6.03. The lowest BCUT2D eigenvalue weighted by Gasteiger charge is -2.25. The number of aliphatic carboxylic acids is 1. The van der Waals surface area contributed by atoms with Crippen LogP contribution in [0.25, 0.3) is 11.1 Å². The Morgan fingerprint density at radius 1 is 1.09 bits per heavy atom. The molecule has 0 saturated carbocycles. The van der Waals surface area contributed by atoms with Crippen molar-refractivity contribution in [1.29, 1.82) is 0 Å². The Labute approximate surface area is 202 Å². The standard InChI is InChI=1S/C26H27N3O6/c1-16(2)29(12-11-23(30)31)25(32)24-22(35-15-28-24)13-27-26(33)34-14-21-19-9-5-3-7-17(19)18-8-4-6-10-20(18)21/h3-10,15-16,21H,11-14H2,1-2H3,(H,27,33)(H,30,31). The van der Waals surface area contributed by atoms with Gasteiger partial charge in [-0.05, 0) is 36.1 Å². The zero-order chi connectivity index (χ0) is 24.9. The highest BCUT2D eigenvalue weighted by Gasteiger charge is 2.29. The zero-order valence-corrected chi connectivity index (χ0v) is 19.6. The van der Waals surface area contributed by atoms with Crippen LogP contribution < -0.4 is 5.32 Å². The topological polar surface area (TPSA) is 122 Å². The summed E-state index contributed by atoms with van der Waals surface area (Å²) in [6.45, 7) is 3.68. The second kappa shape index (κ2) is 10.4. The van der Waals surface area contributed by atoms with Gasteiger partial charge in [0, 0.05) is 18.5 Å². The molecule has 0 unspecified atom stereocenters. The van der Waals surface area contributed by atoms with Gasteiger partial charge < -0.3 is 24.5 Å². The SMILES string of the molecule is CC(C)N(CCC(=O)O)C(=O)c1ncoc1CNC(=O)OCC1c2ccccc2-c2ccccc21. The van der Waals surface area contributed by atoms with E-state index in [9.17, 15) is 14.4 Å². The number of fused-ring (bicyclic) bond motifs is 3. The first-order chi connectivity index (χ1) is 16.9. The molecule has 0 saturated heterocycles. The number of carboxylic acid groups (broad SMARTS) is 1. The molecular formula is C26H27N3O6. The molecular weight excluding hydrogens is 450 g/mol. The molecule has 0 bridgehead atoms. The number of aromatic nitrogens is 1. The van der Waals surface area contributed by atoms with Crippen molar-refractivity contribution in [3.8, 4) is 11.1 Å². The lowest BCUT2D eigenvalue weighted by molar-refractivity contribution is -0.137. The summed E-state index contributed by atoms with van der Waals surface area (Å²) >= 11 is 0. The summed E-state index contributed by atoms with van der Waals surface area (Å²) in [6.07, 6.45) is 0.292. The van der Waals surface area contributed by atoms with Crippen molar-refractivity contribution in [3.63, 3.8) is 0 Å². The molecule has 1 aromatic heterocycles. The summed E-state index contributed by atoms with van der Waals surface area (Å²) in [4.78, 5) is 41.7. The maximum atomic E-state index is 12.9. The van der Waals surface area contributed by atoms with E-state index in [1.165, 1.54) is 4.90 Å². The van der Waals surface area contributed by atoms with E-state index in [4.69, 9.17) is 14.3 Å². The predicted octanol–water partition coefficient (Wildman–Crippen LogP) is 4.04. The summed E-state index contributed by atoms with van der Waals surface area (Å²) in [5, 5.41) is 11.6. The number of hydrogen-bond donors (Lipinski definition) is 2. The Morgan fingerprint density at radius 3 is 2.31 bits per heavy atom. The number of amides is 2. The Morgan fingerprint density at radius 2 is 1.71 bits per heavy atom. The lowest BCUT2D eigenvalue weighted by atomic mass is 9.98. The van der Waals surface area contributed by atoms with Gasteiger partial charge in [0.1, 0.15) is 6.61 Å². The third-order valence-corrected chi connectivity index (χ3v) is 6.03. The normalized spacial score (nSPS) is 12.2. The first-order valence-corrected chi connectivity index (χ1v) is 11.4. The van der Waals surface area contributed by atoms with E-state index >= 15 is 0 Å². The number of carbonyl (C=O) groups excluding carboxylic acids is 2. The molecule has 0 fully saturated rings. The van der Waals surface area contributed by atoms with Gasteiger partial charge in [-0.1, -0.05) is 48.5 Å². The second-order valence-corrected chi connectivity index (χ2v) is 8.54. The monoisotopic (exact) mass is 477 g/mol. The lowest BCUT2D eigenvalue weighted by Crippen LogP contribution is -2.39. The summed E-state index contributed by atoms with van der Waals surface area (Å²) in [5.41, 5.74) is 4.53. The van der Waals surface area contributed by atoms with E-state index in [0.29, 0.717) is 0 Å². The van der Waals surface area contributed by atoms with Crippen molar-refractivity contribution in [2.45, 2.75) is 38.8 Å². The highest BCUT2D eigenvalue weighted by Crippen LogP contribution is 2.44. The Kier molecular flexibility index (Phi) is 7.14. The Bertz CT molecular complexity index is 1190. The van der Waals surface area contributed by atoms with Gasteiger partial charge in [0.05, 0.1) is 13.0 Å². The molecule has 1 aliphatic carbocycles. The molecule has 2 amide bonds. The van der Waals surface area contributed by atoms with Gasteiger partial charge in [-0.25, -0.2) is 9.78 Å². The van der Waals surface area contributed by atoms with Crippen LogP contribution in [-0.4, -0.2) is 52.2 Å². The van der Waals surface area contributed by atoms with Gasteiger partial charge in [-0.3, -0.25) is 9.59 Å². The van der Waals surface area contributed by atoms with Crippen molar-refractivity contribution in [1.82, 2.24) is 15.2 Å². The molecule has 35 heavy (non-hydrogen) atoms. The van der Waals surface area contributed by atoms with Crippen molar-refractivity contribution >= 4 is 18.0 Å². The molecule has 0 radical (unpaired) electrons. The Balaban J connectivity index is 1.37. The summed E-state index contributed by atoms with van der Waals surface area (Å²) in [5.74, 6) is -1.35. The summed E-state index contributed by atoms with van der Waals surface area (Å²) < 4.78 is 10.8. The van der Waals surface area contributed by atoms with Gasteiger partial charge in [0.2, 0.25) is 0 Å². The van der Waals surface area contributed by atoms with Gasteiger partial charge in [0.25, 0.3) is 5.91 Å². The van der Waals surface area contributed by atoms with Gasteiger partial charge in [-0.15, -0.1) is 0 Å². The fourth-order valence-corrected chi connectivity index (χ4v) is 4.32. The number of nitrogens with zero attached hydrogens (tertiary/aromatic N) is 2. The summed E-state index contributed by atoms with van der Waals surface area (Å²) in [7, 11) is 0. The number of rotatable bonds is 9. The fourth-order valence-electron chi connectivity index (χ4n) is 4.32. The van der Waals surface area contributed by atoms with E-state index in [1.807, 2.05) is 36.4 Å². The number of alkyl carbamates (subject to hydrolysis) is 1. The first kappa shape index (κ1) is 24.0. The van der Waals surface area contributed by atoms with Crippen molar-refractivity contribution < 1.29 is 28.6 Å². The molecule has 0 spiro atoms. The molecule has 9 heteroatoms. The van der Waals surface area contributed by atoms with Crippen molar-refractivity contribution in [2.75, 3.05) is 13.2 Å². The largest absolute Gasteiger partial charge is 0.481 e. The third kappa shape index (κ3) is 5.18. The number of benzene rings is 2. The highest BCUT2D eigenvalue weighted by molar-refractivity contribution is 5.93. The van der Waals surface area contributed by atoms with Crippen LogP contribution in [-0.2, 0) is 16.1 Å². The van der Waals surface area contributed by atoms with Crippen LogP contribution in [0.2, 0.25) is 0 Å². The molecule has 3 aromatic rings. The molecule has 182 valence electrons. The number of carbonyl (C=O) groups is 3. The number of hydrogen-bond acceptors (Lipinski definition) is 6. The van der Waals surface area contributed by atoms with Crippen LogP contribution >= 0.6 is 0 Å². The molecule has 4 rings (SSSR count). The minimum atomic E-state index is -0.999. The van der Waals surface area contributed by atoms with E-state index in [-0.39, 0.29) is 49.5 Å². The summed E-state index contributed by atoms with van der Waals surface area (Å²) in [6, 6.07) is 15.9. The quantitative estimate of drug-likeness (QED) is 0.477. The fraction of sp³-hybridized carbons (Fsp3) is 0.308. The van der Waals surface area contributed by atoms with E-state index < -0.39 is 18.0 Å². The average Bonchev–Trinajstić information content (AvgIpc) is 3.44. The molecule has 1 heterocycles. The van der Waals surface area contributed by atoms with E-state index in [0.717, 1.165) is 28.6 Å². The van der Waals surface area contributed by atoms with E-state index in [2.05, 4.69) is 22.4 Å².